The van der Waals surface area contributed by atoms with Crippen LogP contribution >= 0.6 is 24.0 Å². The summed E-state index contributed by atoms with van der Waals surface area (Å²) in [5, 5.41) is 15.3. The molecule has 1 fully saturated rings. The Hall–Kier alpha value is -1.20. The molecule has 28 heavy (non-hydrogen) atoms. The highest BCUT2D eigenvalue weighted by molar-refractivity contribution is 14.0. The summed E-state index contributed by atoms with van der Waals surface area (Å²) in [6.07, 6.45) is 5.14. The van der Waals surface area contributed by atoms with E-state index in [0.717, 1.165) is 76.3 Å². The van der Waals surface area contributed by atoms with E-state index in [1.807, 2.05) is 31.5 Å². The van der Waals surface area contributed by atoms with Crippen LogP contribution in [0.4, 0.5) is 0 Å². The summed E-state index contributed by atoms with van der Waals surface area (Å²) in [6.45, 7) is 13.8. The normalized spacial score (nSPS) is 15.9. The molecular weight excluding hydrogens is 469 g/mol. The van der Waals surface area contributed by atoms with Crippen molar-refractivity contribution in [2.24, 2.45) is 12.0 Å². The van der Waals surface area contributed by atoms with Gasteiger partial charge in [0.05, 0.1) is 0 Å². The minimum atomic E-state index is 0. The van der Waals surface area contributed by atoms with Crippen LogP contribution in [0.1, 0.15) is 37.8 Å². The molecule has 1 aliphatic rings. The van der Waals surface area contributed by atoms with Gasteiger partial charge in [-0.15, -0.1) is 40.8 Å². The molecule has 0 aliphatic carbocycles. The van der Waals surface area contributed by atoms with E-state index in [4.69, 9.17) is 9.73 Å². The minimum Gasteiger partial charge on any atom is -0.382 e. The molecule has 0 unspecified atom stereocenters. The Morgan fingerprint density at radius 1 is 1.36 bits per heavy atom. The molecule has 0 bridgehead atoms. The van der Waals surface area contributed by atoms with E-state index in [-0.39, 0.29) is 24.0 Å². The Morgan fingerprint density at radius 3 is 2.71 bits per heavy atom. The number of nitrogens with one attached hydrogen (secondary N) is 2. The van der Waals surface area contributed by atoms with Crippen molar-refractivity contribution in [3.8, 4) is 0 Å². The summed E-state index contributed by atoms with van der Waals surface area (Å²) >= 11 is 0. The molecule has 1 aliphatic heterocycles. The van der Waals surface area contributed by atoms with Crippen molar-refractivity contribution < 1.29 is 4.74 Å². The third-order valence-electron chi connectivity index (χ3n) is 4.84. The van der Waals surface area contributed by atoms with E-state index in [2.05, 4.69) is 32.3 Å². The molecule has 0 radical (unpaired) electrons. The highest BCUT2D eigenvalue weighted by atomic mass is 127. The molecule has 1 aromatic rings. The van der Waals surface area contributed by atoms with Crippen molar-refractivity contribution in [1.29, 1.82) is 0 Å². The summed E-state index contributed by atoms with van der Waals surface area (Å²) < 4.78 is 7.39. The van der Waals surface area contributed by atoms with Gasteiger partial charge in [0.15, 0.2) is 11.8 Å². The standard InChI is InChI=1S/C19H35N7O.HI/c1-5-11-26-12-8-17(9-13-26)22-19(20-10-7-14-27-6-2)21-15-18-24-23-16(3)25(18)4;/h5,17H,1,6-15H2,2-4H3,(H2,20,21,22);1H. The van der Waals surface area contributed by atoms with Crippen molar-refractivity contribution in [1.82, 2.24) is 30.3 Å². The van der Waals surface area contributed by atoms with Crippen LogP contribution in [0.3, 0.4) is 0 Å². The van der Waals surface area contributed by atoms with Crippen LogP contribution in [0, 0.1) is 6.92 Å². The molecule has 1 saturated heterocycles. The predicted molar refractivity (Wildman–Crippen MR) is 124 cm³/mol. The summed E-state index contributed by atoms with van der Waals surface area (Å²) in [5.74, 6) is 2.60. The van der Waals surface area contributed by atoms with Crippen molar-refractivity contribution in [3.63, 3.8) is 0 Å². The van der Waals surface area contributed by atoms with Gasteiger partial charge in [-0.05, 0) is 33.1 Å². The summed E-state index contributed by atoms with van der Waals surface area (Å²) in [5.41, 5.74) is 0. The zero-order chi connectivity index (χ0) is 19.5. The summed E-state index contributed by atoms with van der Waals surface area (Å²) in [4.78, 5) is 7.17. The Balaban J connectivity index is 0.00000392. The van der Waals surface area contributed by atoms with Gasteiger partial charge in [-0.2, -0.15) is 0 Å². The lowest BCUT2D eigenvalue weighted by molar-refractivity contribution is 0.145. The molecule has 2 N–H and O–H groups in total. The number of aliphatic imine (C=N–C) groups is 1. The van der Waals surface area contributed by atoms with Crippen LogP contribution in [-0.4, -0.2) is 71.1 Å². The Morgan fingerprint density at radius 2 is 2.11 bits per heavy atom. The number of rotatable bonds is 10. The van der Waals surface area contributed by atoms with Crippen molar-refractivity contribution in [2.45, 2.75) is 45.7 Å². The van der Waals surface area contributed by atoms with Gasteiger partial charge in [0.25, 0.3) is 0 Å². The highest BCUT2D eigenvalue weighted by Gasteiger charge is 2.19. The summed E-state index contributed by atoms with van der Waals surface area (Å²) in [6, 6.07) is 0.436. The average Bonchev–Trinajstić information content (AvgIpc) is 2.99. The molecule has 160 valence electrons. The zero-order valence-corrected chi connectivity index (χ0v) is 19.8. The third-order valence-corrected chi connectivity index (χ3v) is 4.84. The van der Waals surface area contributed by atoms with Crippen LogP contribution in [0.25, 0.3) is 0 Å². The number of aromatic nitrogens is 3. The van der Waals surface area contributed by atoms with Gasteiger partial charge < -0.3 is 19.9 Å². The lowest BCUT2D eigenvalue weighted by Crippen LogP contribution is -2.49. The maximum atomic E-state index is 5.41. The van der Waals surface area contributed by atoms with Crippen molar-refractivity contribution in [3.05, 3.63) is 24.3 Å². The van der Waals surface area contributed by atoms with Crippen LogP contribution in [0.15, 0.2) is 17.6 Å². The molecule has 0 aromatic carbocycles. The largest absolute Gasteiger partial charge is 0.382 e. The van der Waals surface area contributed by atoms with Gasteiger partial charge in [-0.25, -0.2) is 4.99 Å². The number of piperidine rings is 1. The smallest absolute Gasteiger partial charge is 0.191 e. The molecule has 0 spiro atoms. The second-order valence-electron chi connectivity index (χ2n) is 6.87. The topological polar surface area (TPSA) is 79.6 Å². The fraction of sp³-hybridized carbons (Fsp3) is 0.737. The summed E-state index contributed by atoms with van der Waals surface area (Å²) in [7, 11) is 1.97. The van der Waals surface area contributed by atoms with Crippen LogP contribution in [0.2, 0.25) is 0 Å². The monoisotopic (exact) mass is 505 g/mol. The maximum absolute atomic E-state index is 5.41. The fourth-order valence-corrected chi connectivity index (χ4v) is 3.05. The number of aryl methyl sites for hydroxylation is 1. The third kappa shape index (κ3) is 8.44. The quantitative estimate of drug-likeness (QED) is 0.166. The molecule has 0 saturated carbocycles. The van der Waals surface area contributed by atoms with Gasteiger partial charge in [-0.1, -0.05) is 6.08 Å². The molecule has 2 rings (SSSR count). The van der Waals surface area contributed by atoms with E-state index in [1.54, 1.807) is 0 Å². The minimum absolute atomic E-state index is 0. The van der Waals surface area contributed by atoms with E-state index >= 15 is 0 Å². The lowest BCUT2D eigenvalue weighted by Gasteiger charge is -2.32. The first-order chi connectivity index (χ1) is 13.1. The molecule has 0 atom stereocenters. The van der Waals surface area contributed by atoms with E-state index in [0.29, 0.717) is 12.6 Å². The molecule has 1 aromatic heterocycles. The first-order valence-corrected chi connectivity index (χ1v) is 9.94. The number of nitrogens with zero attached hydrogens (tertiary/aromatic N) is 5. The number of likely N-dealkylation sites (tertiary alicyclic amines) is 1. The Labute approximate surface area is 186 Å². The van der Waals surface area contributed by atoms with E-state index in [9.17, 15) is 0 Å². The first kappa shape index (κ1) is 24.8. The van der Waals surface area contributed by atoms with E-state index in [1.165, 1.54) is 0 Å². The van der Waals surface area contributed by atoms with Gasteiger partial charge in [0.1, 0.15) is 12.4 Å². The van der Waals surface area contributed by atoms with Crippen LogP contribution in [-0.2, 0) is 18.3 Å². The van der Waals surface area contributed by atoms with Gasteiger partial charge in [0.2, 0.25) is 0 Å². The number of hydrogen-bond donors (Lipinski definition) is 2. The molecule has 8 nitrogen and oxygen atoms in total. The number of halogens is 1. The van der Waals surface area contributed by atoms with Crippen LogP contribution < -0.4 is 10.6 Å². The maximum Gasteiger partial charge on any atom is 0.191 e. The number of ether oxygens (including phenoxy) is 1. The zero-order valence-electron chi connectivity index (χ0n) is 17.5. The molecule has 9 heteroatoms. The lowest BCUT2D eigenvalue weighted by atomic mass is 10.1. The molecule has 2 heterocycles. The van der Waals surface area contributed by atoms with Crippen molar-refractivity contribution >= 4 is 29.9 Å². The van der Waals surface area contributed by atoms with Gasteiger partial charge in [0, 0.05) is 52.5 Å². The second-order valence-corrected chi connectivity index (χ2v) is 6.87. The van der Waals surface area contributed by atoms with Crippen molar-refractivity contribution in [2.75, 3.05) is 39.4 Å². The Bertz CT molecular complexity index is 597. The predicted octanol–water partition coefficient (Wildman–Crippen LogP) is 1.85. The first-order valence-electron chi connectivity index (χ1n) is 9.94. The fourth-order valence-electron chi connectivity index (χ4n) is 3.05. The average molecular weight is 505 g/mol. The SMILES string of the molecule is C=CCN1CCC(NC(=NCc2nnc(C)n2C)NCCCOCC)CC1.I. The van der Waals surface area contributed by atoms with Gasteiger partial charge >= 0.3 is 0 Å². The Kier molecular flexibility index (Phi) is 12.3. The number of guanidine groups is 1. The van der Waals surface area contributed by atoms with Crippen LogP contribution in [0.5, 0.6) is 0 Å². The van der Waals surface area contributed by atoms with Gasteiger partial charge in [-0.3, -0.25) is 4.90 Å². The second kappa shape index (κ2) is 13.9. The molecule has 0 amide bonds. The van der Waals surface area contributed by atoms with E-state index < -0.39 is 0 Å². The highest BCUT2D eigenvalue weighted by Crippen LogP contribution is 2.10. The number of hydrogen-bond acceptors (Lipinski definition) is 5. The molecular formula is C19H36IN7O.